The van der Waals surface area contributed by atoms with Crippen LogP contribution in [0.25, 0.3) is 0 Å². The molecule has 2 aromatic heterocycles. The van der Waals surface area contributed by atoms with Gasteiger partial charge >= 0.3 is 0 Å². The van der Waals surface area contributed by atoms with Crippen LogP contribution >= 0.6 is 0 Å². The van der Waals surface area contributed by atoms with Crippen molar-refractivity contribution in [3.05, 3.63) is 36.0 Å². The minimum atomic E-state index is 0.192. The van der Waals surface area contributed by atoms with Crippen molar-refractivity contribution in [2.75, 3.05) is 13.7 Å². The predicted molar refractivity (Wildman–Crippen MR) is 76.5 cm³/mol. The van der Waals surface area contributed by atoms with Crippen LogP contribution in [0.2, 0.25) is 0 Å². The fraction of sp³-hybridized carbons (Fsp3) is 0.500. The molecule has 0 amide bonds. The van der Waals surface area contributed by atoms with E-state index in [9.17, 15) is 0 Å². The number of ether oxygens (including phenoxy) is 1. The summed E-state index contributed by atoms with van der Waals surface area (Å²) in [4.78, 5) is 8.40. The van der Waals surface area contributed by atoms with E-state index in [1.807, 2.05) is 30.2 Å². The van der Waals surface area contributed by atoms with Crippen LogP contribution in [0.5, 0.6) is 5.88 Å². The highest BCUT2D eigenvalue weighted by Crippen LogP contribution is 2.19. The van der Waals surface area contributed by atoms with Gasteiger partial charge in [-0.25, -0.2) is 9.97 Å². The predicted octanol–water partition coefficient (Wildman–Crippen LogP) is 1.50. The van der Waals surface area contributed by atoms with Crippen LogP contribution in [-0.4, -0.2) is 33.4 Å². The summed E-state index contributed by atoms with van der Waals surface area (Å²) in [7, 11) is 3.55. The minimum Gasteiger partial charge on any atom is -0.481 e. The van der Waals surface area contributed by atoms with E-state index in [-0.39, 0.29) is 6.04 Å². The van der Waals surface area contributed by atoms with Crippen LogP contribution in [-0.2, 0) is 13.5 Å². The van der Waals surface area contributed by atoms with Crippen molar-refractivity contribution in [2.24, 2.45) is 7.05 Å². The number of methoxy groups -OCH3 is 1. The molecule has 108 valence electrons. The Morgan fingerprint density at radius 2 is 2.25 bits per heavy atom. The monoisotopic (exact) mass is 275 g/mol. The van der Waals surface area contributed by atoms with Crippen molar-refractivity contribution in [1.82, 2.24) is 25.1 Å². The highest BCUT2D eigenvalue weighted by atomic mass is 16.5. The Bertz CT molecular complexity index is 540. The van der Waals surface area contributed by atoms with Crippen LogP contribution in [0, 0.1) is 0 Å². The van der Waals surface area contributed by atoms with Crippen LogP contribution in [0.4, 0.5) is 0 Å². The van der Waals surface area contributed by atoms with E-state index >= 15 is 0 Å². The van der Waals surface area contributed by atoms with Gasteiger partial charge in [0.2, 0.25) is 5.88 Å². The Kier molecular flexibility index (Phi) is 5.06. The molecule has 2 aromatic rings. The molecule has 0 fully saturated rings. The van der Waals surface area contributed by atoms with Gasteiger partial charge in [0.1, 0.15) is 6.33 Å². The first-order valence-corrected chi connectivity index (χ1v) is 6.79. The highest BCUT2D eigenvalue weighted by molar-refractivity contribution is 5.17. The molecule has 2 rings (SSSR count). The van der Waals surface area contributed by atoms with E-state index < -0.39 is 0 Å². The molecule has 2 heterocycles. The van der Waals surface area contributed by atoms with Gasteiger partial charge in [-0.1, -0.05) is 6.92 Å². The largest absolute Gasteiger partial charge is 0.481 e. The van der Waals surface area contributed by atoms with E-state index in [4.69, 9.17) is 4.74 Å². The second-order valence-corrected chi connectivity index (χ2v) is 4.66. The van der Waals surface area contributed by atoms with E-state index in [0.717, 1.165) is 25.1 Å². The van der Waals surface area contributed by atoms with Gasteiger partial charge in [0.05, 0.1) is 25.0 Å². The Morgan fingerprint density at radius 1 is 1.40 bits per heavy atom. The zero-order chi connectivity index (χ0) is 14.4. The fourth-order valence-corrected chi connectivity index (χ4v) is 2.17. The topological polar surface area (TPSA) is 64.9 Å². The second-order valence-electron chi connectivity index (χ2n) is 4.66. The molecule has 0 bridgehead atoms. The molecular formula is C14H21N5O. The van der Waals surface area contributed by atoms with E-state index in [2.05, 4.69) is 27.3 Å². The molecule has 0 spiro atoms. The van der Waals surface area contributed by atoms with Crippen molar-refractivity contribution < 1.29 is 4.74 Å². The molecule has 0 saturated carbocycles. The van der Waals surface area contributed by atoms with Crippen molar-refractivity contribution in [1.29, 1.82) is 0 Å². The molecule has 0 saturated heterocycles. The zero-order valence-electron chi connectivity index (χ0n) is 12.2. The Morgan fingerprint density at radius 3 is 2.90 bits per heavy atom. The van der Waals surface area contributed by atoms with Crippen LogP contribution in [0.1, 0.15) is 30.6 Å². The summed E-state index contributed by atoms with van der Waals surface area (Å²) in [6.07, 6.45) is 7.41. The van der Waals surface area contributed by atoms with E-state index in [1.54, 1.807) is 13.4 Å². The number of hydrogen-bond acceptors (Lipinski definition) is 5. The third kappa shape index (κ3) is 3.77. The minimum absolute atomic E-state index is 0.192. The summed E-state index contributed by atoms with van der Waals surface area (Å²) in [5.41, 5.74) is 2.19. The van der Waals surface area contributed by atoms with Gasteiger partial charge in [0, 0.05) is 19.3 Å². The lowest BCUT2D eigenvalue weighted by atomic mass is 10.0. The molecule has 0 aliphatic heterocycles. The summed E-state index contributed by atoms with van der Waals surface area (Å²) < 4.78 is 6.98. The molecule has 6 nitrogen and oxygen atoms in total. The maximum Gasteiger partial charge on any atom is 0.216 e. The Balaban J connectivity index is 2.05. The van der Waals surface area contributed by atoms with Crippen molar-refractivity contribution in [2.45, 2.75) is 25.8 Å². The number of aromatic nitrogens is 4. The summed E-state index contributed by atoms with van der Waals surface area (Å²) in [5, 5.41) is 7.65. The van der Waals surface area contributed by atoms with Crippen LogP contribution in [0.15, 0.2) is 24.8 Å². The summed E-state index contributed by atoms with van der Waals surface area (Å²) in [5.74, 6) is 0.597. The molecule has 0 aromatic carbocycles. The van der Waals surface area contributed by atoms with Gasteiger partial charge in [-0.15, -0.1) is 0 Å². The summed E-state index contributed by atoms with van der Waals surface area (Å²) >= 11 is 0. The zero-order valence-corrected chi connectivity index (χ0v) is 12.2. The second kappa shape index (κ2) is 7.00. The third-order valence-electron chi connectivity index (χ3n) is 3.16. The van der Waals surface area contributed by atoms with Crippen molar-refractivity contribution in [3.63, 3.8) is 0 Å². The lowest BCUT2D eigenvalue weighted by Gasteiger charge is -2.17. The molecule has 6 heteroatoms. The molecule has 20 heavy (non-hydrogen) atoms. The van der Waals surface area contributed by atoms with Crippen LogP contribution in [0.3, 0.4) is 0 Å². The fourth-order valence-electron chi connectivity index (χ4n) is 2.17. The van der Waals surface area contributed by atoms with E-state index in [0.29, 0.717) is 5.88 Å². The van der Waals surface area contributed by atoms with Crippen LogP contribution < -0.4 is 10.1 Å². The Labute approximate surface area is 119 Å². The molecule has 1 N–H and O–H groups in total. The lowest BCUT2D eigenvalue weighted by Crippen LogP contribution is -2.22. The lowest BCUT2D eigenvalue weighted by molar-refractivity contribution is 0.393. The molecule has 0 aliphatic carbocycles. The number of nitrogens with zero attached hydrogens (tertiary/aromatic N) is 4. The van der Waals surface area contributed by atoms with Gasteiger partial charge in [-0.05, 0) is 24.9 Å². The first-order chi connectivity index (χ1) is 9.72. The average Bonchev–Trinajstić information content (AvgIpc) is 2.89. The molecule has 1 unspecified atom stereocenters. The van der Waals surface area contributed by atoms with Crippen molar-refractivity contribution >= 4 is 0 Å². The Hall–Kier alpha value is -1.95. The maximum atomic E-state index is 5.16. The molecule has 0 aliphatic rings. The number of aryl methyl sites for hydroxylation is 2. The maximum absolute atomic E-state index is 5.16. The third-order valence-corrected chi connectivity index (χ3v) is 3.16. The van der Waals surface area contributed by atoms with Crippen molar-refractivity contribution in [3.8, 4) is 5.88 Å². The number of nitrogens with one attached hydrogen (secondary N) is 1. The summed E-state index contributed by atoms with van der Waals surface area (Å²) in [6.45, 7) is 2.99. The first kappa shape index (κ1) is 14.5. The SMILES string of the molecule is CCNC(CCc1cnn(C)c1)c1cc(OC)ncn1. The van der Waals surface area contributed by atoms with E-state index in [1.165, 1.54) is 5.56 Å². The number of rotatable bonds is 7. The smallest absolute Gasteiger partial charge is 0.216 e. The first-order valence-electron chi connectivity index (χ1n) is 6.79. The normalized spacial score (nSPS) is 12.3. The number of hydrogen-bond donors (Lipinski definition) is 1. The standard InChI is InChI=1S/C14H21N5O/c1-4-15-12(6-5-11-8-18-19(2)9-11)13-7-14(20-3)17-10-16-13/h7-10,12,15H,4-6H2,1-3H3. The molecule has 1 atom stereocenters. The van der Waals surface area contributed by atoms with Gasteiger partial charge in [-0.2, -0.15) is 5.10 Å². The van der Waals surface area contributed by atoms with Gasteiger partial charge in [0.25, 0.3) is 0 Å². The molecule has 0 radical (unpaired) electrons. The van der Waals surface area contributed by atoms with Gasteiger partial charge in [0.15, 0.2) is 0 Å². The molecular weight excluding hydrogens is 254 g/mol. The summed E-state index contributed by atoms with van der Waals surface area (Å²) in [6, 6.07) is 2.08. The highest BCUT2D eigenvalue weighted by Gasteiger charge is 2.13. The van der Waals surface area contributed by atoms with Gasteiger partial charge < -0.3 is 10.1 Å². The average molecular weight is 275 g/mol. The quantitative estimate of drug-likeness (QED) is 0.829. The van der Waals surface area contributed by atoms with Gasteiger partial charge in [-0.3, -0.25) is 4.68 Å².